The predicted octanol–water partition coefficient (Wildman–Crippen LogP) is 4.21. The molecule has 0 amide bonds. The van der Waals surface area contributed by atoms with Crippen molar-refractivity contribution >= 4 is 95.7 Å². The van der Waals surface area contributed by atoms with Gasteiger partial charge in [0.2, 0.25) is 0 Å². The van der Waals surface area contributed by atoms with Crippen molar-refractivity contribution in [2.45, 2.75) is 0 Å². The van der Waals surface area contributed by atoms with Crippen LogP contribution in [0.2, 0.25) is 0 Å². The minimum absolute atomic E-state index is 0.410. The van der Waals surface area contributed by atoms with E-state index in [0.717, 1.165) is 6.67 Å². The molecule has 0 bridgehead atoms. The van der Waals surface area contributed by atoms with E-state index in [0.29, 0.717) is 13.3 Å². The average molecular weight is 732 g/mol. The predicted molar refractivity (Wildman–Crippen MR) is 98.9 cm³/mol. The van der Waals surface area contributed by atoms with Crippen LogP contribution < -0.4 is 0 Å². The summed E-state index contributed by atoms with van der Waals surface area (Å²) in [4.78, 5) is 4.45. The van der Waals surface area contributed by atoms with Crippen molar-refractivity contribution in [3.05, 3.63) is 7.41 Å². The van der Waals surface area contributed by atoms with Gasteiger partial charge in [-0.25, -0.2) is 0 Å². The summed E-state index contributed by atoms with van der Waals surface area (Å²) < 4.78 is 2.69. The van der Waals surface area contributed by atoms with Gasteiger partial charge in [0.25, 0.3) is 0 Å². The molecular formula is C5H9I5N2. The third-order valence-electron chi connectivity index (χ3n) is 1.26. The van der Waals surface area contributed by atoms with Crippen molar-refractivity contribution in [2.24, 2.45) is 0 Å². The zero-order chi connectivity index (χ0) is 9.72. The zero-order valence-corrected chi connectivity index (χ0v) is 17.5. The number of rotatable bonds is 0. The summed E-state index contributed by atoms with van der Waals surface area (Å²) in [6, 6.07) is 0. The van der Waals surface area contributed by atoms with E-state index in [9.17, 15) is 0 Å². The molecule has 0 aromatic heterocycles. The molecule has 0 saturated heterocycles. The summed E-state index contributed by atoms with van der Waals surface area (Å²) in [7, 11) is 4.20. The van der Waals surface area contributed by atoms with Crippen LogP contribution in [0.25, 0.3) is 0 Å². The molecule has 0 N–H and O–H groups in total. The van der Waals surface area contributed by atoms with Gasteiger partial charge in [-0.05, 0) is 45.2 Å². The van der Waals surface area contributed by atoms with Crippen LogP contribution in [-0.4, -0.2) is 30.6 Å². The first-order chi connectivity index (χ1) is 5.54. The van der Waals surface area contributed by atoms with Crippen LogP contribution in [-0.2, 0) is 0 Å². The number of nitrogens with zero attached hydrogens (tertiary/aromatic N) is 2. The molecule has 2 nitrogen and oxygen atoms in total. The van der Waals surface area contributed by atoms with Crippen molar-refractivity contribution in [1.29, 1.82) is 0 Å². The fourth-order valence-corrected chi connectivity index (χ4v) is 1.89. The van der Waals surface area contributed by atoms with Gasteiger partial charge in [0, 0.05) is 14.1 Å². The Morgan fingerprint density at radius 2 is 1.33 bits per heavy atom. The van der Waals surface area contributed by atoms with Crippen LogP contribution in [0.1, 0.15) is 0 Å². The quantitative estimate of drug-likeness (QED) is 0.273. The Morgan fingerprint density at radius 3 is 1.42 bits per heavy atom. The van der Waals surface area contributed by atoms with E-state index >= 15 is 0 Å². The van der Waals surface area contributed by atoms with Gasteiger partial charge in [0.15, 0.2) is 0 Å². The molecule has 0 saturated carbocycles. The van der Waals surface area contributed by atoms with Crippen molar-refractivity contribution in [2.75, 3.05) is 20.8 Å². The molecule has 0 radical (unpaired) electrons. The molecule has 0 aromatic carbocycles. The normalized spacial score (nSPS) is 16.8. The monoisotopic (exact) mass is 732 g/mol. The van der Waals surface area contributed by atoms with E-state index < -0.39 is 0 Å². The maximum absolute atomic E-state index is 2.41. The van der Waals surface area contributed by atoms with Crippen LogP contribution in [0.4, 0.5) is 0 Å². The van der Waals surface area contributed by atoms with Crippen molar-refractivity contribution in [1.82, 2.24) is 9.80 Å². The molecule has 0 atom stereocenters. The molecule has 12 heavy (non-hydrogen) atoms. The van der Waals surface area contributed by atoms with Crippen LogP contribution in [0.15, 0.2) is 7.41 Å². The first-order valence-electron chi connectivity index (χ1n) is 2.91. The molecule has 0 fully saturated rings. The van der Waals surface area contributed by atoms with E-state index in [1.165, 1.54) is 7.41 Å². The molecule has 1 heterocycles. The van der Waals surface area contributed by atoms with E-state index in [4.69, 9.17) is 0 Å². The number of hydrogen-bond donors (Lipinski definition) is 0. The van der Waals surface area contributed by atoms with Gasteiger partial charge in [-0.1, -0.05) is 0 Å². The van der Waals surface area contributed by atoms with Gasteiger partial charge in [-0.15, -0.1) is 0 Å². The number of halogens is 5. The summed E-state index contributed by atoms with van der Waals surface area (Å²) in [5.41, 5.74) is 0. The van der Waals surface area contributed by atoms with Gasteiger partial charge in [0.1, 0.15) is 7.41 Å². The SMILES string of the molecule is CN1CN(C)C(I)=C1I.I[IH]I. The van der Waals surface area contributed by atoms with Crippen LogP contribution in [0.3, 0.4) is 0 Å². The molecule has 0 spiro atoms. The minimum atomic E-state index is 0.410. The molecule has 1 aliphatic heterocycles. The van der Waals surface area contributed by atoms with Gasteiger partial charge in [0.05, 0.1) is 6.67 Å². The average Bonchev–Trinajstić information content (AvgIpc) is 2.20. The van der Waals surface area contributed by atoms with Crippen LogP contribution in [0.5, 0.6) is 0 Å². The summed E-state index contributed by atoms with van der Waals surface area (Å²) in [5, 5.41) is 0. The fraction of sp³-hybridized carbons (Fsp3) is 0.600. The molecule has 7 heteroatoms. The fourth-order valence-electron chi connectivity index (χ4n) is 0.757. The first-order valence-corrected chi connectivity index (χ1v) is 18.6. The Kier molecular flexibility index (Phi) is 10.2. The molecule has 1 aliphatic rings. The van der Waals surface area contributed by atoms with Gasteiger partial charge in [-0.3, -0.25) is 0 Å². The van der Waals surface area contributed by atoms with Crippen molar-refractivity contribution < 1.29 is 0 Å². The second kappa shape index (κ2) is 8.18. The molecular weight excluding hydrogens is 723 g/mol. The zero-order valence-electron chi connectivity index (χ0n) is 6.52. The molecule has 74 valence electrons. The summed E-state index contributed by atoms with van der Waals surface area (Å²) in [6.07, 6.45) is 0. The van der Waals surface area contributed by atoms with E-state index in [1.807, 2.05) is 0 Å². The van der Waals surface area contributed by atoms with Crippen molar-refractivity contribution in [3.63, 3.8) is 0 Å². The van der Waals surface area contributed by atoms with Gasteiger partial charge >= 0.3 is 50.5 Å². The van der Waals surface area contributed by atoms with Gasteiger partial charge < -0.3 is 9.80 Å². The van der Waals surface area contributed by atoms with E-state index in [1.54, 1.807) is 0 Å². The Hall–Kier alpha value is 2.99. The van der Waals surface area contributed by atoms with E-state index in [-0.39, 0.29) is 0 Å². The second-order valence-corrected chi connectivity index (χ2v) is 21.8. The standard InChI is InChI=1S/C5H8I2N2.HI3/c1-8-3-9(2)5(7)4(8)6;1-3-2/h3H2,1-2H3;3H. The van der Waals surface area contributed by atoms with E-state index in [2.05, 4.69) is 106 Å². The summed E-state index contributed by atoms with van der Waals surface area (Å²) >= 11 is 9.93. The van der Waals surface area contributed by atoms with Gasteiger partial charge in [-0.2, -0.15) is 0 Å². The Bertz CT molecular complexity index is 155. The molecule has 1 rings (SSSR count). The first kappa shape index (κ1) is 15.0. The Morgan fingerprint density at radius 1 is 1.08 bits per heavy atom. The second-order valence-electron chi connectivity index (χ2n) is 2.18. The molecule has 0 aromatic rings. The molecule has 0 aliphatic carbocycles. The topological polar surface area (TPSA) is 6.48 Å². The third kappa shape index (κ3) is 5.18. The van der Waals surface area contributed by atoms with Crippen LogP contribution >= 0.6 is 95.7 Å². The Balaban J connectivity index is 0.000000354. The third-order valence-corrected chi connectivity index (χ3v) is 4.97. The maximum atomic E-state index is 2.41. The summed E-state index contributed by atoms with van der Waals surface area (Å²) in [5.74, 6) is 0. The van der Waals surface area contributed by atoms with Crippen LogP contribution in [0, 0.1) is 0 Å². The Labute approximate surface area is 131 Å². The summed E-state index contributed by atoms with van der Waals surface area (Å²) in [6.45, 7) is 1.02. The number of hydrogen-bond acceptors (Lipinski definition) is 2. The molecule has 0 unspecified atom stereocenters. The van der Waals surface area contributed by atoms with Crippen molar-refractivity contribution in [3.8, 4) is 0 Å².